The maximum absolute atomic E-state index is 2.48. The van der Waals surface area contributed by atoms with Crippen LogP contribution in [0.3, 0.4) is 0 Å². The molecule has 0 spiro atoms. The summed E-state index contributed by atoms with van der Waals surface area (Å²) in [6, 6.07) is 57.9. The maximum atomic E-state index is 2.48. The quantitative estimate of drug-likeness (QED) is 0.185. The molecule has 0 amide bonds. The van der Waals surface area contributed by atoms with E-state index in [0.29, 0.717) is 0 Å². The van der Waals surface area contributed by atoms with Crippen molar-refractivity contribution in [1.29, 1.82) is 0 Å². The lowest BCUT2D eigenvalue weighted by Gasteiger charge is -2.19. The van der Waals surface area contributed by atoms with Crippen LogP contribution >= 0.6 is 0 Å². The van der Waals surface area contributed by atoms with Crippen LogP contribution in [0.4, 0.5) is 0 Å². The molecule has 3 aromatic heterocycles. The van der Waals surface area contributed by atoms with Gasteiger partial charge in [-0.1, -0.05) is 118 Å². The zero-order valence-corrected chi connectivity index (χ0v) is 27.9. The number of rotatable bonds is 3. The summed E-state index contributed by atoms with van der Waals surface area (Å²) < 4.78 is 7.44. The van der Waals surface area contributed by atoms with Crippen LogP contribution in [0.2, 0.25) is 0 Å². The van der Waals surface area contributed by atoms with E-state index in [2.05, 4.69) is 192 Å². The lowest BCUT2D eigenvalue weighted by molar-refractivity contribution is 0.590. The van der Waals surface area contributed by atoms with E-state index in [-0.39, 0.29) is 5.41 Å². The first-order chi connectivity index (χ1) is 24.0. The van der Waals surface area contributed by atoms with Crippen LogP contribution in [0.5, 0.6) is 0 Å². The molecule has 0 unspecified atom stereocenters. The lowest BCUT2D eigenvalue weighted by atomic mass is 9.87. The topological polar surface area (TPSA) is 14.8 Å². The molecule has 0 atom stereocenters. The fourth-order valence-corrected chi connectivity index (χ4v) is 8.17. The standard InChI is InChI=1S/C46H35N3/c1-46(2,3)30-22-24-33(25-23-30)47-40-28-26-36-34-18-10-12-20-38(34)48(31-14-6-4-7-15-31)44(36)42(40)43-41(47)29-27-37-35-19-11-13-21-39(35)49(45(37)43)32-16-8-5-9-17-32/h4-29H,1-3H3. The smallest absolute Gasteiger partial charge is 0.0642 e. The molecule has 0 saturated heterocycles. The van der Waals surface area contributed by atoms with Gasteiger partial charge < -0.3 is 13.7 Å². The van der Waals surface area contributed by atoms with E-state index in [9.17, 15) is 0 Å². The fraction of sp³-hybridized carbons (Fsp3) is 0.0870. The molecule has 0 saturated carbocycles. The largest absolute Gasteiger partial charge is 0.309 e. The first kappa shape index (κ1) is 28.0. The minimum absolute atomic E-state index is 0.0743. The van der Waals surface area contributed by atoms with E-state index in [4.69, 9.17) is 0 Å². The SMILES string of the molecule is CC(C)(C)c1ccc(-n2c3ccc4c5ccccc5n(-c5ccccc5)c4c3c3c2ccc2c4ccccc4n(-c4ccccc4)c23)cc1. The van der Waals surface area contributed by atoms with E-state index in [0.717, 1.165) is 17.1 Å². The Morgan fingerprint density at radius 1 is 0.327 bits per heavy atom. The van der Waals surface area contributed by atoms with Crippen molar-refractivity contribution in [3.05, 3.63) is 163 Å². The fourth-order valence-electron chi connectivity index (χ4n) is 8.17. The third-order valence-corrected chi connectivity index (χ3v) is 10.4. The zero-order chi connectivity index (χ0) is 32.9. The molecular formula is C46H35N3. The van der Waals surface area contributed by atoms with Gasteiger partial charge in [0.15, 0.2) is 0 Å². The Morgan fingerprint density at radius 3 is 1.18 bits per heavy atom. The van der Waals surface area contributed by atoms with Gasteiger partial charge in [0.2, 0.25) is 0 Å². The van der Waals surface area contributed by atoms with Crippen molar-refractivity contribution in [3.8, 4) is 17.1 Å². The summed E-state index contributed by atoms with van der Waals surface area (Å²) in [5.41, 5.74) is 12.2. The number of hydrogen-bond acceptors (Lipinski definition) is 0. The molecule has 7 aromatic carbocycles. The number of aromatic nitrogens is 3. The predicted octanol–water partition coefficient (Wildman–Crippen LogP) is 12.3. The van der Waals surface area contributed by atoms with Gasteiger partial charge in [0, 0.05) is 49.4 Å². The molecular weight excluding hydrogens is 595 g/mol. The molecule has 234 valence electrons. The minimum Gasteiger partial charge on any atom is -0.309 e. The summed E-state index contributed by atoms with van der Waals surface area (Å²) >= 11 is 0. The predicted molar refractivity (Wildman–Crippen MR) is 208 cm³/mol. The van der Waals surface area contributed by atoms with Gasteiger partial charge in [-0.05, 0) is 71.6 Å². The highest BCUT2D eigenvalue weighted by molar-refractivity contribution is 6.33. The summed E-state index contributed by atoms with van der Waals surface area (Å²) in [6.07, 6.45) is 0. The van der Waals surface area contributed by atoms with Crippen LogP contribution in [0.1, 0.15) is 26.3 Å². The Labute approximate surface area is 284 Å². The lowest BCUT2D eigenvalue weighted by Crippen LogP contribution is -2.10. The maximum Gasteiger partial charge on any atom is 0.0642 e. The first-order valence-corrected chi connectivity index (χ1v) is 17.1. The average molecular weight is 630 g/mol. The van der Waals surface area contributed by atoms with E-state index < -0.39 is 0 Å². The number of nitrogens with zero attached hydrogens (tertiary/aromatic N) is 3. The molecule has 0 N–H and O–H groups in total. The zero-order valence-electron chi connectivity index (χ0n) is 27.9. The van der Waals surface area contributed by atoms with Crippen molar-refractivity contribution >= 4 is 65.4 Å². The molecule has 3 heteroatoms. The normalized spacial score (nSPS) is 12.4. The van der Waals surface area contributed by atoms with E-state index >= 15 is 0 Å². The van der Waals surface area contributed by atoms with Crippen molar-refractivity contribution in [3.63, 3.8) is 0 Å². The van der Waals surface area contributed by atoms with Crippen LogP contribution < -0.4 is 0 Å². The van der Waals surface area contributed by atoms with Gasteiger partial charge in [0.1, 0.15) is 0 Å². The molecule has 0 fully saturated rings. The molecule has 3 heterocycles. The Balaban J connectivity index is 1.49. The Morgan fingerprint density at radius 2 is 0.735 bits per heavy atom. The van der Waals surface area contributed by atoms with E-state index in [1.54, 1.807) is 0 Å². The van der Waals surface area contributed by atoms with Gasteiger partial charge in [-0.3, -0.25) is 0 Å². The molecule has 49 heavy (non-hydrogen) atoms. The molecule has 0 bridgehead atoms. The second-order valence-electron chi connectivity index (χ2n) is 14.2. The highest BCUT2D eigenvalue weighted by atomic mass is 15.0. The van der Waals surface area contributed by atoms with Crippen LogP contribution in [0.15, 0.2) is 158 Å². The van der Waals surface area contributed by atoms with Crippen molar-refractivity contribution in [1.82, 2.24) is 13.7 Å². The molecule has 10 aromatic rings. The number of fused-ring (bicyclic) bond motifs is 11. The second kappa shape index (κ2) is 10.2. The van der Waals surface area contributed by atoms with Crippen molar-refractivity contribution < 1.29 is 0 Å². The number of hydrogen-bond donors (Lipinski definition) is 0. The van der Waals surface area contributed by atoms with Crippen molar-refractivity contribution in [2.75, 3.05) is 0 Å². The van der Waals surface area contributed by atoms with Crippen LogP contribution in [-0.4, -0.2) is 13.7 Å². The monoisotopic (exact) mass is 629 g/mol. The van der Waals surface area contributed by atoms with Crippen LogP contribution in [-0.2, 0) is 5.41 Å². The van der Waals surface area contributed by atoms with Gasteiger partial charge in [-0.2, -0.15) is 0 Å². The van der Waals surface area contributed by atoms with E-state index in [1.165, 1.54) is 71.0 Å². The summed E-state index contributed by atoms with van der Waals surface area (Å²) in [5, 5.41) is 7.56. The van der Waals surface area contributed by atoms with Crippen LogP contribution in [0, 0.1) is 0 Å². The second-order valence-corrected chi connectivity index (χ2v) is 14.2. The van der Waals surface area contributed by atoms with Crippen molar-refractivity contribution in [2.24, 2.45) is 0 Å². The molecule has 0 aliphatic rings. The van der Waals surface area contributed by atoms with Gasteiger partial charge in [0.05, 0.1) is 33.1 Å². The summed E-state index contributed by atoms with van der Waals surface area (Å²) in [4.78, 5) is 0. The third-order valence-electron chi connectivity index (χ3n) is 10.4. The number of para-hydroxylation sites is 4. The van der Waals surface area contributed by atoms with Gasteiger partial charge >= 0.3 is 0 Å². The summed E-state index contributed by atoms with van der Waals surface area (Å²) in [5.74, 6) is 0. The molecule has 10 rings (SSSR count). The molecule has 0 aliphatic carbocycles. The van der Waals surface area contributed by atoms with E-state index in [1.807, 2.05) is 0 Å². The highest BCUT2D eigenvalue weighted by Crippen LogP contribution is 2.46. The summed E-state index contributed by atoms with van der Waals surface area (Å²) in [6.45, 7) is 6.84. The Kier molecular flexibility index (Phi) is 5.84. The van der Waals surface area contributed by atoms with Crippen LogP contribution in [0.25, 0.3) is 82.5 Å². The third kappa shape index (κ3) is 3.96. The number of benzene rings is 7. The van der Waals surface area contributed by atoms with Gasteiger partial charge in [0.25, 0.3) is 0 Å². The van der Waals surface area contributed by atoms with Gasteiger partial charge in [-0.15, -0.1) is 0 Å². The average Bonchev–Trinajstić information content (AvgIpc) is 3.78. The summed E-state index contributed by atoms with van der Waals surface area (Å²) in [7, 11) is 0. The minimum atomic E-state index is 0.0743. The Bertz CT molecular complexity index is 2710. The first-order valence-electron chi connectivity index (χ1n) is 17.1. The highest BCUT2D eigenvalue weighted by Gasteiger charge is 2.25. The molecule has 0 radical (unpaired) electrons. The molecule has 3 nitrogen and oxygen atoms in total. The molecule has 0 aliphatic heterocycles. The van der Waals surface area contributed by atoms with Gasteiger partial charge in [-0.25, -0.2) is 0 Å². The van der Waals surface area contributed by atoms with Crippen molar-refractivity contribution in [2.45, 2.75) is 26.2 Å². The Hall–Kier alpha value is -6.06.